The maximum absolute atomic E-state index is 12.4. The number of hydrogen-bond donors (Lipinski definition) is 1. The minimum atomic E-state index is -0.705. The van der Waals surface area contributed by atoms with Gasteiger partial charge in [-0.1, -0.05) is 18.2 Å². The van der Waals surface area contributed by atoms with E-state index in [1.165, 1.54) is 11.3 Å². The molecular formula is C15H13N3O3S2. The van der Waals surface area contributed by atoms with E-state index in [1.807, 2.05) is 18.4 Å². The van der Waals surface area contributed by atoms with E-state index in [-0.39, 0.29) is 23.5 Å². The summed E-state index contributed by atoms with van der Waals surface area (Å²) in [5.74, 6) is -0.690. The fourth-order valence-corrected chi connectivity index (χ4v) is 3.84. The second-order valence-electron chi connectivity index (χ2n) is 4.93. The SMILES string of the molecule is Cc1csc(NC(=O)CC2SC(=O)N(c3ccccc3)C2=O)n1. The molecule has 0 aliphatic carbocycles. The van der Waals surface area contributed by atoms with Gasteiger partial charge < -0.3 is 5.32 Å². The first-order valence-electron chi connectivity index (χ1n) is 6.86. The number of para-hydroxylation sites is 1. The number of amides is 3. The molecule has 0 spiro atoms. The summed E-state index contributed by atoms with van der Waals surface area (Å²) in [6, 6.07) is 8.70. The molecule has 8 heteroatoms. The van der Waals surface area contributed by atoms with E-state index in [0.717, 1.165) is 22.4 Å². The zero-order valence-corrected chi connectivity index (χ0v) is 13.8. The van der Waals surface area contributed by atoms with Gasteiger partial charge in [-0.15, -0.1) is 11.3 Å². The van der Waals surface area contributed by atoms with Gasteiger partial charge in [0.25, 0.3) is 5.24 Å². The third-order valence-corrected chi connectivity index (χ3v) is 5.08. The van der Waals surface area contributed by atoms with E-state index in [2.05, 4.69) is 10.3 Å². The van der Waals surface area contributed by atoms with Crippen molar-refractivity contribution < 1.29 is 14.4 Å². The molecule has 6 nitrogen and oxygen atoms in total. The van der Waals surface area contributed by atoms with E-state index in [0.29, 0.717) is 10.8 Å². The quantitative estimate of drug-likeness (QED) is 0.919. The molecule has 118 valence electrons. The monoisotopic (exact) mass is 347 g/mol. The number of nitrogens with one attached hydrogen (secondary N) is 1. The molecule has 1 aromatic heterocycles. The number of thioether (sulfide) groups is 1. The van der Waals surface area contributed by atoms with Gasteiger partial charge in [0.15, 0.2) is 5.13 Å². The van der Waals surface area contributed by atoms with Crippen LogP contribution in [0.3, 0.4) is 0 Å². The van der Waals surface area contributed by atoms with Gasteiger partial charge in [0.2, 0.25) is 11.8 Å². The van der Waals surface area contributed by atoms with Crippen LogP contribution in [-0.4, -0.2) is 27.3 Å². The van der Waals surface area contributed by atoms with Crippen LogP contribution in [0.2, 0.25) is 0 Å². The highest BCUT2D eigenvalue weighted by atomic mass is 32.2. The van der Waals surface area contributed by atoms with Crippen LogP contribution in [0.5, 0.6) is 0 Å². The topological polar surface area (TPSA) is 79.4 Å². The molecule has 1 fully saturated rings. The average Bonchev–Trinajstić information content (AvgIpc) is 3.04. The van der Waals surface area contributed by atoms with Crippen LogP contribution < -0.4 is 10.2 Å². The van der Waals surface area contributed by atoms with E-state index in [4.69, 9.17) is 0 Å². The van der Waals surface area contributed by atoms with Gasteiger partial charge >= 0.3 is 0 Å². The molecule has 1 atom stereocenters. The summed E-state index contributed by atoms with van der Waals surface area (Å²) in [5.41, 5.74) is 1.34. The Bertz CT molecular complexity index is 760. The molecule has 1 aromatic carbocycles. The van der Waals surface area contributed by atoms with Gasteiger partial charge in [-0.05, 0) is 30.8 Å². The molecule has 2 aromatic rings. The van der Waals surface area contributed by atoms with Crippen molar-refractivity contribution in [2.24, 2.45) is 0 Å². The predicted molar refractivity (Wildman–Crippen MR) is 90.8 cm³/mol. The molecule has 1 saturated heterocycles. The lowest BCUT2D eigenvalue weighted by atomic mass is 10.2. The molecule has 0 radical (unpaired) electrons. The van der Waals surface area contributed by atoms with Gasteiger partial charge in [0.05, 0.1) is 11.4 Å². The summed E-state index contributed by atoms with van der Waals surface area (Å²) in [6.07, 6.45) is -0.0583. The molecule has 23 heavy (non-hydrogen) atoms. The molecule has 3 rings (SSSR count). The van der Waals surface area contributed by atoms with Crippen molar-refractivity contribution in [3.8, 4) is 0 Å². The highest BCUT2D eigenvalue weighted by molar-refractivity contribution is 8.15. The van der Waals surface area contributed by atoms with E-state index < -0.39 is 5.25 Å². The first-order chi connectivity index (χ1) is 11.0. The summed E-state index contributed by atoms with van der Waals surface area (Å²) >= 11 is 2.20. The Balaban J connectivity index is 1.66. The molecule has 0 bridgehead atoms. The van der Waals surface area contributed by atoms with E-state index in [1.54, 1.807) is 24.3 Å². The maximum atomic E-state index is 12.4. The van der Waals surface area contributed by atoms with Gasteiger partial charge in [-0.3, -0.25) is 14.4 Å². The fourth-order valence-electron chi connectivity index (χ4n) is 2.15. The number of thiazole rings is 1. The van der Waals surface area contributed by atoms with Gasteiger partial charge in [-0.25, -0.2) is 9.88 Å². The van der Waals surface area contributed by atoms with E-state index in [9.17, 15) is 14.4 Å². The largest absolute Gasteiger partial charge is 0.302 e. The Morgan fingerprint density at radius 2 is 2.04 bits per heavy atom. The number of imide groups is 1. The zero-order chi connectivity index (χ0) is 16.4. The number of aromatic nitrogens is 1. The third-order valence-electron chi connectivity index (χ3n) is 3.17. The Morgan fingerprint density at radius 3 is 2.70 bits per heavy atom. The summed E-state index contributed by atoms with van der Waals surface area (Å²) in [4.78, 5) is 41.8. The number of carbonyl (C=O) groups excluding carboxylic acids is 3. The van der Waals surface area contributed by atoms with Gasteiger partial charge in [0.1, 0.15) is 5.25 Å². The van der Waals surface area contributed by atoms with Crippen molar-refractivity contribution >= 4 is 51.0 Å². The Hall–Kier alpha value is -2.19. The molecule has 0 saturated carbocycles. The highest BCUT2D eigenvalue weighted by Gasteiger charge is 2.41. The van der Waals surface area contributed by atoms with E-state index >= 15 is 0 Å². The van der Waals surface area contributed by atoms with Crippen LogP contribution in [0.1, 0.15) is 12.1 Å². The van der Waals surface area contributed by atoms with Crippen molar-refractivity contribution in [3.05, 3.63) is 41.4 Å². The molecule has 1 aliphatic rings. The molecular weight excluding hydrogens is 334 g/mol. The summed E-state index contributed by atoms with van der Waals surface area (Å²) in [7, 11) is 0. The number of nitrogens with zero attached hydrogens (tertiary/aromatic N) is 2. The fraction of sp³-hybridized carbons (Fsp3) is 0.200. The standard InChI is InChI=1S/C15H13N3O3S2/c1-9-8-22-14(16-9)17-12(19)7-11-13(20)18(15(21)23-11)10-5-3-2-4-6-10/h2-6,8,11H,7H2,1H3,(H,16,17,19). The lowest BCUT2D eigenvalue weighted by Gasteiger charge is -2.13. The first kappa shape index (κ1) is 15.7. The van der Waals surface area contributed by atoms with Crippen LogP contribution >= 0.6 is 23.1 Å². The molecule has 1 unspecified atom stereocenters. The number of rotatable bonds is 4. The summed E-state index contributed by atoms with van der Waals surface area (Å²) in [5, 5.41) is 3.91. The zero-order valence-electron chi connectivity index (χ0n) is 12.2. The number of carbonyl (C=O) groups is 3. The highest BCUT2D eigenvalue weighted by Crippen LogP contribution is 2.33. The number of aryl methyl sites for hydroxylation is 1. The molecule has 2 heterocycles. The Labute approximate surface area is 140 Å². The second kappa shape index (κ2) is 6.51. The molecule has 1 N–H and O–H groups in total. The number of hydrogen-bond acceptors (Lipinski definition) is 6. The van der Waals surface area contributed by atoms with Crippen molar-refractivity contribution in [3.63, 3.8) is 0 Å². The van der Waals surface area contributed by atoms with Gasteiger partial charge in [-0.2, -0.15) is 0 Å². The van der Waals surface area contributed by atoms with Crippen LogP contribution in [0.15, 0.2) is 35.7 Å². The number of benzene rings is 1. The number of anilines is 2. The smallest absolute Gasteiger partial charge is 0.293 e. The third kappa shape index (κ3) is 3.43. The minimum Gasteiger partial charge on any atom is -0.302 e. The average molecular weight is 347 g/mol. The summed E-state index contributed by atoms with van der Waals surface area (Å²) < 4.78 is 0. The van der Waals surface area contributed by atoms with Crippen LogP contribution in [0, 0.1) is 6.92 Å². The van der Waals surface area contributed by atoms with Crippen molar-refractivity contribution in [2.45, 2.75) is 18.6 Å². The van der Waals surface area contributed by atoms with Crippen molar-refractivity contribution in [1.29, 1.82) is 0 Å². The first-order valence-corrected chi connectivity index (χ1v) is 8.62. The van der Waals surface area contributed by atoms with Crippen LogP contribution in [0.4, 0.5) is 15.6 Å². The molecule has 1 aliphatic heterocycles. The van der Waals surface area contributed by atoms with Crippen molar-refractivity contribution in [2.75, 3.05) is 10.2 Å². The summed E-state index contributed by atoms with van der Waals surface area (Å²) in [6.45, 7) is 1.83. The lowest BCUT2D eigenvalue weighted by molar-refractivity contribution is -0.121. The predicted octanol–water partition coefficient (Wildman–Crippen LogP) is 3.05. The Morgan fingerprint density at radius 1 is 1.30 bits per heavy atom. The normalized spacial score (nSPS) is 17.6. The second-order valence-corrected chi connectivity index (χ2v) is 6.94. The minimum absolute atomic E-state index is 0.0583. The Kier molecular flexibility index (Phi) is 4.44. The van der Waals surface area contributed by atoms with Gasteiger partial charge in [0, 0.05) is 11.8 Å². The lowest BCUT2D eigenvalue weighted by Crippen LogP contribution is -2.32. The van der Waals surface area contributed by atoms with Crippen LogP contribution in [0.25, 0.3) is 0 Å². The maximum Gasteiger partial charge on any atom is 0.293 e. The van der Waals surface area contributed by atoms with Crippen molar-refractivity contribution in [1.82, 2.24) is 4.98 Å². The molecule has 3 amide bonds. The van der Waals surface area contributed by atoms with Crippen LogP contribution in [-0.2, 0) is 9.59 Å².